The number of nitrogens with two attached hydrogens (primary N) is 1. The zero-order valence-electron chi connectivity index (χ0n) is 12.9. The Morgan fingerprint density at radius 1 is 1.32 bits per heavy atom. The van der Waals surface area contributed by atoms with Crippen molar-refractivity contribution in [1.82, 2.24) is 10.6 Å². The van der Waals surface area contributed by atoms with E-state index < -0.39 is 18.0 Å². The van der Waals surface area contributed by atoms with Gasteiger partial charge < -0.3 is 21.1 Å². The Hall–Kier alpha value is -1.89. The van der Waals surface area contributed by atoms with E-state index in [1.54, 1.807) is 30.8 Å². The summed E-state index contributed by atoms with van der Waals surface area (Å²) in [5.74, 6) is 0.362. The van der Waals surface area contributed by atoms with Crippen molar-refractivity contribution >= 4 is 29.4 Å². The SMILES string of the molecule is CCOC(=O)[C@H](CCSC)NC(=O)NCc1ccc(N)cc1. The molecule has 7 heteroatoms. The van der Waals surface area contributed by atoms with E-state index >= 15 is 0 Å². The summed E-state index contributed by atoms with van der Waals surface area (Å²) in [6, 6.07) is 6.21. The van der Waals surface area contributed by atoms with E-state index in [9.17, 15) is 9.59 Å². The number of carbonyl (C=O) groups is 2. The number of esters is 1. The van der Waals surface area contributed by atoms with Crippen LogP contribution in [-0.2, 0) is 16.1 Å². The minimum atomic E-state index is -0.626. The van der Waals surface area contributed by atoms with Crippen molar-refractivity contribution in [3.05, 3.63) is 29.8 Å². The van der Waals surface area contributed by atoms with E-state index in [0.29, 0.717) is 25.3 Å². The normalized spacial score (nSPS) is 11.5. The highest BCUT2D eigenvalue weighted by Crippen LogP contribution is 2.05. The van der Waals surface area contributed by atoms with Crippen LogP contribution in [-0.4, -0.2) is 36.7 Å². The molecule has 0 heterocycles. The third kappa shape index (κ3) is 6.71. The molecule has 0 aliphatic rings. The van der Waals surface area contributed by atoms with Gasteiger partial charge in [0.15, 0.2) is 0 Å². The summed E-state index contributed by atoms with van der Waals surface area (Å²) < 4.78 is 4.97. The van der Waals surface area contributed by atoms with Gasteiger partial charge in [0.1, 0.15) is 6.04 Å². The monoisotopic (exact) mass is 325 g/mol. The molecule has 1 rings (SSSR count). The predicted octanol–water partition coefficient (Wildman–Crippen LogP) is 1.75. The second-order valence-corrected chi connectivity index (χ2v) is 5.64. The number of ether oxygens (including phenoxy) is 1. The predicted molar refractivity (Wildman–Crippen MR) is 89.6 cm³/mol. The van der Waals surface area contributed by atoms with Crippen LogP contribution < -0.4 is 16.4 Å². The molecule has 6 nitrogen and oxygen atoms in total. The van der Waals surface area contributed by atoms with Gasteiger partial charge in [-0.2, -0.15) is 11.8 Å². The Balaban J connectivity index is 2.47. The van der Waals surface area contributed by atoms with Crippen molar-refractivity contribution in [2.45, 2.75) is 25.9 Å². The summed E-state index contributed by atoms with van der Waals surface area (Å²) in [7, 11) is 0. The van der Waals surface area contributed by atoms with Crippen molar-refractivity contribution in [2.75, 3.05) is 24.3 Å². The standard InChI is InChI=1S/C15H23N3O3S/c1-3-21-14(19)13(8-9-22-2)18-15(20)17-10-11-4-6-12(16)7-5-11/h4-7,13H,3,8-10,16H2,1-2H3,(H2,17,18,20)/t13-/m0/s1. The van der Waals surface area contributed by atoms with Gasteiger partial charge in [-0.05, 0) is 43.0 Å². The van der Waals surface area contributed by atoms with Crippen LogP contribution in [0.3, 0.4) is 0 Å². The molecule has 0 fully saturated rings. The van der Waals surface area contributed by atoms with Crippen LogP contribution >= 0.6 is 11.8 Å². The zero-order chi connectivity index (χ0) is 16.4. The molecule has 0 radical (unpaired) electrons. The molecular weight excluding hydrogens is 302 g/mol. The number of hydrogen-bond acceptors (Lipinski definition) is 5. The van der Waals surface area contributed by atoms with E-state index in [-0.39, 0.29) is 0 Å². The number of carbonyl (C=O) groups excluding carboxylic acids is 2. The lowest BCUT2D eigenvalue weighted by Crippen LogP contribution is -2.46. The van der Waals surface area contributed by atoms with E-state index in [2.05, 4.69) is 10.6 Å². The summed E-state index contributed by atoms with van der Waals surface area (Å²) in [5.41, 5.74) is 7.21. The van der Waals surface area contributed by atoms with Gasteiger partial charge >= 0.3 is 12.0 Å². The second kappa shape index (κ2) is 9.94. The molecule has 22 heavy (non-hydrogen) atoms. The van der Waals surface area contributed by atoms with Gasteiger partial charge in [-0.1, -0.05) is 12.1 Å². The van der Waals surface area contributed by atoms with Crippen molar-refractivity contribution in [1.29, 1.82) is 0 Å². The number of benzene rings is 1. The van der Waals surface area contributed by atoms with Gasteiger partial charge in [-0.25, -0.2) is 9.59 Å². The lowest BCUT2D eigenvalue weighted by atomic mass is 10.2. The number of amides is 2. The van der Waals surface area contributed by atoms with Crippen molar-refractivity contribution in [3.8, 4) is 0 Å². The van der Waals surface area contributed by atoms with E-state index in [1.165, 1.54) is 0 Å². The number of thioether (sulfide) groups is 1. The van der Waals surface area contributed by atoms with E-state index in [4.69, 9.17) is 10.5 Å². The quantitative estimate of drug-likeness (QED) is 0.500. The maximum absolute atomic E-state index is 11.9. The second-order valence-electron chi connectivity index (χ2n) is 4.65. The molecule has 4 N–H and O–H groups in total. The van der Waals surface area contributed by atoms with Gasteiger partial charge in [0.25, 0.3) is 0 Å². The Labute approximate surface area is 135 Å². The molecule has 2 amide bonds. The van der Waals surface area contributed by atoms with Crippen LogP contribution in [0.15, 0.2) is 24.3 Å². The highest BCUT2D eigenvalue weighted by atomic mass is 32.2. The molecule has 1 atom stereocenters. The average Bonchev–Trinajstić information content (AvgIpc) is 2.51. The minimum Gasteiger partial charge on any atom is -0.464 e. The molecule has 0 aliphatic carbocycles. The Kier molecular flexibility index (Phi) is 8.21. The van der Waals surface area contributed by atoms with Gasteiger partial charge in [0.05, 0.1) is 6.61 Å². The Morgan fingerprint density at radius 3 is 2.59 bits per heavy atom. The molecule has 0 saturated carbocycles. The maximum Gasteiger partial charge on any atom is 0.328 e. The lowest BCUT2D eigenvalue weighted by molar-refractivity contribution is -0.145. The van der Waals surface area contributed by atoms with Gasteiger partial charge in [-0.15, -0.1) is 0 Å². The van der Waals surface area contributed by atoms with Gasteiger partial charge in [0, 0.05) is 12.2 Å². The summed E-state index contributed by atoms with van der Waals surface area (Å²) in [5, 5.41) is 5.37. The number of nitrogens with one attached hydrogen (secondary N) is 2. The number of urea groups is 1. The Morgan fingerprint density at radius 2 is 2.00 bits per heavy atom. The summed E-state index contributed by atoms with van der Waals surface area (Å²) in [6.07, 6.45) is 2.48. The molecule has 0 saturated heterocycles. The van der Waals surface area contributed by atoms with Crippen molar-refractivity contribution in [2.24, 2.45) is 0 Å². The molecule has 0 aromatic heterocycles. The fraction of sp³-hybridized carbons (Fsp3) is 0.467. The topological polar surface area (TPSA) is 93.4 Å². The molecular formula is C15H23N3O3S. The van der Waals surface area contributed by atoms with Crippen LogP contribution in [0.1, 0.15) is 18.9 Å². The van der Waals surface area contributed by atoms with Crippen LogP contribution in [0.5, 0.6) is 0 Å². The first-order chi connectivity index (χ1) is 10.6. The Bertz CT molecular complexity index is 479. The number of rotatable bonds is 8. The van der Waals surface area contributed by atoms with Crippen LogP contribution in [0.2, 0.25) is 0 Å². The van der Waals surface area contributed by atoms with Gasteiger partial charge in [-0.3, -0.25) is 0 Å². The zero-order valence-corrected chi connectivity index (χ0v) is 13.7. The molecule has 122 valence electrons. The molecule has 1 aromatic carbocycles. The minimum absolute atomic E-state index is 0.295. The third-order valence-corrected chi connectivity index (χ3v) is 3.56. The first-order valence-corrected chi connectivity index (χ1v) is 8.50. The summed E-state index contributed by atoms with van der Waals surface area (Å²) >= 11 is 1.61. The van der Waals surface area contributed by atoms with Crippen LogP contribution in [0.25, 0.3) is 0 Å². The summed E-state index contributed by atoms with van der Waals surface area (Å²) in [4.78, 5) is 23.7. The average molecular weight is 325 g/mol. The smallest absolute Gasteiger partial charge is 0.328 e. The lowest BCUT2D eigenvalue weighted by Gasteiger charge is -2.17. The first-order valence-electron chi connectivity index (χ1n) is 7.11. The maximum atomic E-state index is 11.9. The highest BCUT2D eigenvalue weighted by Gasteiger charge is 2.21. The molecule has 0 bridgehead atoms. The number of anilines is 1. The first kappa shape index (κ1) is 18.2. The third-order valence-electron chi connectivity index (χ3n) is 2.92. The van der Waals surface area contributed by atoms with Gasteiger partial charge in [0.2, 0.25) is 0 Å². The fourth-order valence-corrected chi connectivity index (χ4v) is 2.23. The fourth-order valence-electron chi connectivity index (χ4n) is 1.75. The molecule has 0 aliphatic heterocycles. The molecule has 0 unspecified atom stereocenters. The largest absolute Gasteiger partial charge is 0.464 e. The van der Waals surface area contributed by atoms with Crippen LogP contribution in [0, 0.1) is 0 Å². The highest BCUT2D eigenvalue weighted by molar-refractivity contribution is 7.98. The molecule has 0 spiro atoms. The van der Waals surface area contributed by atoms with E-state index in [1.807, 2.05) is 18.4 Å². The van der Waals surface area contributed by atoms with E-state index in [0.717, 1.165) is 11.3 Å². The van der Waals surface area contributed by atoms with Crippen molar-refractivity contribution < 1.29 is 14.3 Å². The van der Waals surface area contributed by atoms with Crippen molar-refractivity contribution in [3.63, 3.8) is 0 Å². The number of nitrogen functional groups attached to an aromatic ring is 1. The summed E-state index contributed by atoms with van der Waals surface area (Å²) in [6.45, 7) is 2.40. The number of hydrogen-bond donors (Lipinski definition) is 3. The van der Waals surface area contributed by atoms with Crippen LogP contribution in [0.4, 0.5) is 10.5 Å². The molecule has 1 aromatic rings.